The van der Waals surface area contributed by atoms with Gasteiger partial charge in [0.25, 0.3) is 5.91 Å². The van der Waals surface area contributed by atoms with Crippen molar-refractivity contribution in [1.82, 2.24) is 4.57 Å². The van der Waals surface area contributed by atoms with Gasteiger partial charge in [0, 0.05) is 24.5 Å². The molecule has 1 heterocycles. The number of aromatic nitrogens is 1. The molecule has 2 rings (SSSR count). The van der Waals surface area contributed by atoms with E-state index in [1.165, 1.54) is 17.6 Å². The molecule has 0 spiro atoms. The second kappa shape index (κ2) is 7.79. The number of Topliss-reactive ketones (excluding diaryl/α,β-unsaturated/α-hetero) is 1. The highest BCUT2D eigenvalue weighted by Gasteiger charge is 2.17. The van der Waals surface area contributed by atoms with Gasteiger partial charge in [0.1, 0.15) is 5.69 Å². The van der Waals surface area contributed by atoms with Gasteiger partial charge < -0.3 is 14.6 Å². The molecule has 6 heteroatoms. The van der Waals surface area contributed by atoms with E-state index in [9.17, 15) is 14.4 Å². The van der Waals surface area contributed by atoms with Crippen molar-refractivity contribution in [3.05, 3.63) is 53.3 Å². The van der Waals surface area contributed by atoms with Crippen LogP contribution in [0.25, 0.3) is 0 Å². The summed E-state index contributed by atoms with van der Waals surface area (Å²) >= 11 is 0. The molecule has 0 unspecified atom stereocenters. The van der Waals surface area contributed by atoms with Gasteiger partial charge in [0.2, 0.25) is 0 Å². The topological polar surface area (TPSA) is 77.4 Å². The van der Waals surface area contributed by atoms with E-state index in [2.05, 4.69) is 5.32 Å². The number of rotatable bonds is 6. The van der Waals surface area contributed by atoms with Gasteiger partial charge in [-0.3, -0.25) is 9.59 Å². The van der Waals surface area contributed by atoms with E-state index in [1.54, 1.807) is 13.2 Å². The highest BCUT2D eigenvalue weighted by atomic mass is 16.5. The average Bonchev–Trinajstić information content (AvgIpc) is 2.95. The van der Waals surface area contributed by atoms with E-state index >= 15 is 0 Å². The summed E-state index contributed by atoms with van der Waals surface area (Å²) in [5, 5.41) is 2.76. The molecule has 132 valence electrons. The van der Waals surface area contributed by atoms with Crippen LogP contribution in [0.2, 0.25) is 0 Å². The number of nitrogens with zero attached hydrogens (tertiary/aromatic N) is 1. The highest BCUT2D eigenvalue weighted by Crippen LogP contribution is 2.23. The second-order valence-electron chi connectivity index (χ2n) is 6.15. The zero-order valence-corrected chi connectivity index (χ0v) is 14.8. The van der Waals surface area contributed by atoms with Crippen LogP contribution in [-0.2, 0) is 16.6 Å². The first-order valence-corrected chi connectivity index (χ1v) is 8.02. The zero-order valence-electron chi connectivity index (χ0n) is 14.8. The third-order valence-corrected chi connectivity index (χ3v) is 3.81. The molecule has 1 aromatic carbocycles. The Bertz CT molecular complexity index is 806. The first-order valence-electron chi connectivity index (χ1n) is 8.02. The first kappa shape index (κ1) is 18.4. The lowest BCUT2D eigenvalue weighted by Crippen LogP contribution is -2.22. The Morgan fingerprint density at radius 3 is 2.48 bits per heavy atom. The maximum Gasteiger partial charge on any atom is 0.355 e. The first-order chi connectivity index (χ1) is 11.8. The van der Waals surface area contributed by atoms with E-state index in [0.717, 1.165) is 5.56 Å². The molecule has 0 radical (unpaired) electrons. The molecule has 0 aliphatic carbocycles. The number of hydrogen-bond donors (Lipinski definition) is 1. The highest BCUT2D eigenvalue weighted by molar-refractivity contribution is 5.99. The van der Waals surface area contributed by atoms with E-state index in [-0.39, 0.29) is 17.4 Å². The summed E-state index contributed by atoms with van der Waals surface area (Å²) in [6.45, 7) is 5.09. The second-order valence-corrected chi connectivity index (χ2v) is 6.15. The normalized spacial score (nSPS) is 10.6. The number of hydrogen-bond acceptors (Lipinski definition) is 4. The van der Waals surface area contributed by atoms with E-state index in [4.69, 9.17) is 4.74 Å². The maximum atomic E-state index is 12.1. The van der Waals surface area contributed by atoms with Gasteiger partial charge in [-0.2, -0.15) is 0 Å². The summed E-state index contributed by atoms with van der Waals surface area (Å²) in [6.07, 6.45) is 1.55. The molecule has 6 nitrogen and oxygen atoms in total. The van der Waals surface area contributed by atoms with Gasteiger partial charge in [-0.05, 0) is 30.5 Å². The number of nitrogens with one attached hydrogen (secondary N) is 1. The van der Waals surface area contributed by atoms with Crippen LogP contribution >= 0.6 is 0 Å². The molecular weight excluding hydrogens is 320 g/mol. The molecule has 0 bridgehead atoms. The summed E-state index contributed by atoms with van der Waals surface area (Å²) in [4.78, 5) is 35.5. The molecule has 0 saturated carbocycles. The summed E-state index contributed by atoms with van der Waals surface area (Å²) in [5.41, 5.74) is 2.36. The molecular formula is C19H22N2O4. The van der Waals surface area contributed by atoms with Crippen LogP contribution in [0.1, 0.15) is 53.1 Å². The predicted molar refractivity (Wildman–Crippen MR) is 94.9 cm³/mol. The number of carbonyl (C=O) groups is 3. The molecule has 0 atom stereocenters. The fourth-order valence-electron chi connectivity index (χ4n) is 2.47. The number of benzene rings is 1. The Morgan fingerprint density at radius 1 is 1.20 bits per heavy atom. The molecule has 0 aliphatic rings. The van der Waals surface area contributed by atoms with Crippen LogP contribution in [0.15, 0.2) is 36.5 Å². The summed E-state index contributed by atoms with van der Waals surface area (Å²) in [5.74, 6) is -0.949. The van der Waals surface area contributed by atoms with Gasteiger partial charge in [-0.1, -0.05) is 32.0 Å². The Labute approximate surface area is 146 Å². The molecule has 1 aromatic heterocycles. The molecule has 1 amide bonds. The number of amides is 1. The minimum atomic E-state index is -0.651. The van der Waals surface area contributed by atoms with E-state index in [1.807, 2.05) is 38.1 Å². The van der Waals surface area contributed by atoms with E-state index < -0.39 is 18.5 Å². The standard InChI is InChI=1S/C19H22N2O4/c1-12(2)15-7-5-6-8-16(15)20-18(23)11-25-19(24)17-9-14(13(3)22)10-21(17)4/h5-10,12H,11H2,1-4H3,(H,20,23). The smallest absolute Gasteiger partial charge is 0.355 e. The van der Waals surface area contributed by atoms with E-state index in [0.29, 0.717) is 11.3 Å². The largest absolute Gasteiger partial charge is 0.451 e. The SMILES string of the molecule is CC(=O)c1cc(C(=O)OCC(=O)Nc2ccccc2C(C)C)n(C)c1. The third kappa shape index (κ3) is 4.56. The maximum absolute atomic E-state index is 12.1. The van der Waals surface area contributed by atoms with Crippen molar-refractivity contribution in [2.75, 3.05) is 11.9 Å². The van der Waals surface area contributed by atoms with Crippen molar-refractivity contribution >= 4 is 23.3 Å². The van der Waals surface area contributed by atoms with Crippen LogP contribution in [0, 0.1) is 0 Å². The van der Waals surface area contributed by atoms with Crippen molar-refractivity contribution in [1.29, 1.82) is 0 Å². The lowest BCUT2D eigenvalue weighted by atomic mass is 10.0. The van der Waals surface area contributed by atoms with Crippen LogP contribution in [0.4, 0.5) is 5.69 Å². The number of para-hydroxylation sites is 1. The Hall–Kier alpha value is -2.89. The van der Waals surface area contributed by atoms with Crippen LogP contribution in [-0.4, -0.2) is 28.8 Å². The number of aryl methyl sites for hydroxylation is 1. The van der Waals surface area contributed by atoms with Crippen molar-refractivity contribution in [3.8, 4) is 0 Å². The van der Waals surface area contributed by atoms with Gasteiger partial charge in [-0.15, -0.1) is 0 Å². The Kier molecular flexibility index (Phi) is 5.75. The summed E-state index contributed by atoms with van der Waals surface area (Å²) in [6, 6.07) is 8.95. The van der Waals surface area contributed by atoms with Crippen molar-refractivity contribution in [2.24, 2.45) is 7.05 Å². The molecule has 25 heavy (non-hydrogen) atoms. The monoisotopic (exact) mass is 342 g/mol. The zero-order chi connectivity index (χ0) is 18.6. The molecule has 2 aromatic rings. The number of ether oxygens (including phenoxy) is 1. The van der Waals surface area contributed by atoms with Crippen molar-refractivity contribution in [2.45, 2.75) is 26.7 Å². The summed E-state index contributed by atoms with van der Waals surface area (Å²) < 4.78 is 6.56. The van der Waals surface area contributed by atoms with Gasteiger partial charge in [0.05, 0.1) is 0 Å². The Balaban J connectivity index is 1.98. The van der Waals surface area contributed by atoms with Gasteiger partial charge in [0.15, 0.2) is 12.4 Å². The van der Waals surface area contributed by atoms with Crippen molar-refractivity contribution in [3.63, 3.8) is 0 Å². The van der Waals surface area contributed by atoms with Crippen LogP contribution in [0.5, 0.6) is 0 Å². The predicted octanol–water partition coefficient (Wildman–Crippen LogP) is 3.15. The number of esters is 1. The van der Waals surface area contributed by atoms with Gasteiger partial charge in [-0.25, -0.2) is 4.79 Å². The quantitative estimate of drug-likeness (QED) is 0.646. The minimum absolute atomic E-state index is 0.141. The van der Waals surface area contributed by atoms with Gasteiger partial charge >= 0.3 is 5.97 Å². The molecule has 0 aliphatic heterocycles. The lowest BCUT2D eigenvalue weighted by Gasteiger charge is -2.13. The average molecular weight is 342 g/mol. The molecule has 0 saturated heterocycles. The minimum Gasteiger partial charge on any atom is -0.451 e. The Morgan fingerprint density at radius 2 is 1.88 bits per heavy atom. The lowest BCUT2D eigenvalue weighted by molar-refractivity contribution is -0.119. The molecule has 1 N–H and O–H groups in total. The summed E-state index contributed by atoms with van der Waals surface area (Å²) in [7, 11) is 1.64. The number of ketones is 1. The fraction of sp³-hybridized carbons (Fsp3) is 0.316. The number of anilines is 1. The van der Waals surface area contributed by atoms with Crippen LogP contribution < -0.4 is 5.32 Å². The number of carbonyl (C=O) groups excluding carboxylic acids is 3. The fourth-order valence-corrected chi connectivity index (χ4v) is 2.47. The van der Waals surface area contributed by atoms with Crippen molar-refractivity contribution < 1.29 is 19.1 Å². The molecule has 0 fully saturated rings. The third-order valence-electron chi connectivity index (χ3n) is 3.81. The van der Waals surface area contributed by atoms with Crippen LogP contribution in [0.3, 0.4) is 0 Å².